The van der Waals surface area contributed by atoms with Gasteiger partial charge in [-0.05, 0) is 54.8 Å². The number of nitrogens with two attached hydrogens (primary N) is 1. The van der Waals surface area contributed by atoms with Gasteiger partial charge in [0.25, 0.3) is 0 Å². The van der Waals surface area contributed by atoms with Crippen LogP contribution in [0.25, 0.3) is 0 Å². The molecule has 2 aromatic rings. The smallest absolute Gasteiger partial charge is 0.123 e. The fourth-order valence-corrected chi connectivity index (χ4v) is 1.84. The Morgan fingerprint density at radius 2 is 1.88 bits per heavy atom. The summed E-state index contributed by atoms with van der Waals surface area (Å²) in [5, 5.41) is 0. The van der Waals surface area contributed by atoms with Crippen LogP contribution in [-0.2, 0) is 0 Å². The minimum Gasteiger partial charge on any atom is -0.319 e. The second-order valence-electron chi connectivity index (χ2n) is 4.30. The summed E-state index contributed by atoms with van der Waals surface area (Å²) < 4.78 is 13.3. The summed E-state index contributed by atoms with van der Waals surface area (Å²) in [5.41, 5.74) is 9.56. The maximum atomic E-state index is 13.3. The number of aryl methyl sites for hydroxylation is 2. The van der Waals surface area contributed by atoms with E-state index >= 15 is 0 Å². The number of nitrogens with zero attached hydrogens (tertiary/aromatic N) is 1. The lowest BCUT2D eigenvalue weighted by atomic mass is 10.0. The van der Waals surface area contributed by atoms with Crippen LogP contribution < -0.4 is 5.73 Å². The van der Waals surface area contributed by atoms with E-state index in [4.69, 9.17) is 5.73 Å². The Morgan fingerprint density at radius 3 is 2.53 bits per heavy atom. The molecule has 2 nitrogen and oxygen atoms in total. The summed E-state index contributed by atoms with van der Waals surface area (Å²) in [6.45, 7) is 3.83. The van der Waals surface area contributed by atoms with Crippen molar-refractivity contribution < 1.29 is 4.39 Å². The Hall–Kier alpha value is -1.74. The lowest BCUT2D eigenvalue weighted by Crippen LogP contribution is -2.14. The average molecular weight is 230 g/mol. The van der Waals surface area contributed by atoms with Crippen LogP contribution in [-0.4, -0.2) is 4.98 Å². The summed E-state index contributed by atoms with van der Waals surface area (Å²) in [4.78, 5) is 4.23. The van der Waals surface area contributed by atoms with Crippen molar-refractivity contribution in [1.82, 2.24) is 4.98 Å². The van der Waals surface area contributed by atoms with Gasteiger partial charge in [-0.25, -0.2) is 4.39 Å². The largest absolute Gasteiger partial charge is 0.319 e. The summed E-state index contributed by atoms with van der Waals surface area (Å²) in [7, 11) is 0. The molecule has 0 bridgehead atoms. The van der Waals surface area contributed by atoms with Gasteiger partial charge < -0.3 is 5.73 Å². The molecule has 0 fully saturated rings. The highest BCUT2D eigenvalue weighted by atomic mass is 19.1. The molecule has 0 aliphatic carbocycles. The predicted molar refractivity (Wildman–Crippen MR) is 66.1 cm³/mol. The molecule has 2 rings (SSSR count). The lowest BCUT2D eigenvalue weighted by Gasteiger charge is -2.13. The van der Waals surface area contributed by atoms with Crippen LogP contribution in [0.1, 0.15) is 28.4 Å². The number of hydrogen-bond donors (Lipinski definition) is 1. The van der Waals surface area contributed by atoms with Gasteiger partial charge in [0.2, 0.25) is 0 Å². The van der Waals surface area contributed by atoms with Crippen molar-refractivity contribution in [1.29, 1.82) is 0 Å². The van der Waals surface area contributed by atoms with Gasteiger partial charge in [0.1, 0.15) is 5.82 Å². The SMILES string of the molecule is Cc1cc(F)cc(C(N)c2cc(C)ccn2)c1. The number of halogens is 1. The standard InChI is InChI=1S/C14H15FN2/c1-9-3-4-17-13(7-9)14(16)11-5-10(2)6-12(15)8-11/h3-8,14H,16H2,1-2H3. The molecule has 2 N–H and O–H groups in total. The van der Waals surface area contributed by atoms with E-state index < -0.39 is 0 Å². The number of rotatable bonds is 2. The van der Waals surface area contributed by atoms with Gasteiger partial charge >= 0.3 is 0 Å². The molecule has 0 amide bonds. The molecule has 0 saturated heterocycles. The maximum Gasteiger partial charge on any atom is 0.123 e. The van der Waals surface area contributed by atoms with Crippen LogP contribution in [0.5, 0.6) is 0 Å². The van der Waals surface area contributed by atoms with Crippen LogP contribution in [0, 0.1) is 19.7 Å². The van der Waals surface area contributed by atoms with E-state index in [1.807, 2.05) is 32.0 Å². The zero-order valence-corrected chi connectivity index (χ0v) is 9.94. The molecule has 1 aromatic heterocycles. The Morgan fingerprint density at radius 1 is 1.12 bits per heavy atom. The minimum absolute atomic E-state index is 0.261. The molecule has 88 valence electrons. The van der Waals surface area contributed by atoms with E-state index in [-0.39, 0.29) is 11.9 Å². The van der Waals surface area contributed by atoms with Gasteiger partial charge in [-0.3, -0.25) is 4.98 Å². The Balaban J connectivity index is 2.39. The van der Waals surface area contributed by atoms with Crippen molar-refractivity contribution >= 4 is 0 Å². The fraction of sp³-hybridized carbons (Fsp3) is 0.214. The van der Waals surface area contributed by atoms with Gasteiger partial charge in [-0.15, -0.1) is 0 Å². The first kappa shape index (κ1) is 11.7. The highest BCUT2D eigenvalue weighted by Gasteiger charge is 2.11. The second-order valence-corrected chi connectivity index (χ2v) is 4.30. The maximum absolute atomic E-state index is 13.3. The van der Waals surface area contributed by atoms with Gasteiger partial charge in [-0.2, -0.15) is 0 Å². The molecule has 0 aliphatic heterocycles. The third-order valence-electron chi connectivity index (χ3n) is 2.68. The van der Waals surface area contributed by atoms with Crippen molar-refractivity contribution in [2.24, 2.45) is 5.73 Å². The van der Waals surface area contributed by atoms with Gasteiger partial charge in [0.05, 0.1) is 11.7 Å². The number of hydrogen-bond acceptors (Lipinski definition) is 2. The molecule has 1 heterocycles. The van der Waals surface area contributed by atoms with Gasteiger partial charge in [0.15, 0.2) is 0 Å². The molecule has 1 atom stereocenters. The summed E-state index contributed by atoms with van der Waals surface area (Å²) in [5.74, 6) is -0.261. The second kappa shape index (κ2) is 4.63. The zero-order valence-electron chi connectivity index (χ0n) is 9.94. The topological polar surface area (TPSA) is 38.9 Å². The Bertz CT molecular complexity index is 517. The van der Waals surface area contributed by atoms with E-state index in [2.05, 4.69) is 4.98 Å². The van der Waals surface area contributed by atoms with Crippen LogP contribution in [0.2, 0.25) is 0 Å². The average Bonchev–Trinajstić information content (AvgIpc) is 2.26. The number of pyridine rings is 1. The van der Waals surface area contributed by atoms with Crippen LogP contribution in [0.3, 0.4) is 0 Å². The van der Waals surface area contributed by atoms with E-state index in [0.717, 1.165) is 22.4 Å². The molecular formula is C14H15FN2. The van der Waals surface area contributed by atoms with Gasteiger partial charge in [0, 0.05) is 6.20 Å². The highest BCUT2D eigenvalue weighted by molar-refractivity contribution is 5.32. The number of aromatic nitrogens is 1. The minimum atomic E-state index is -0.385. The summed E-state index contributed by atoms with van der Waals surface area (Å²) in [6, 6.07) is 8.28. The molecule has 0 radical (unpaired) electrons. The van der Waals surface area contributed by atoms with Crippen molar-refractivity contribution in [3.63, 3.8) is 0 Å². The molecule has 1 aromatic carbocycles. The zero-order chi connectivity index (χ0) is 12.4. The quantitative estimate of drug-likeness (QED) is 0.861. The van der Waals surface area contributed by atoms with Crippen molar-refractivity contribution in [3.8, 4) is 0 Å². The first-order valence-electron chi connectivity index (χ1n) is 5.51. The normalized spacial score (nSPS) is 12.5. The van der Waals surface area contributed by atoms with Crippen LogP contribution in [0.4, 0.5) is 4.39 Å². The van der Waals surface area contributed by atoms with E-state index in [9.17, 15) is 4.39 Å². The highest BCUT2D eigenvalue weighted by Crippen LogP contribution is 2.20. The van der Waals surface area contributed by atoms with E-state index in [0.29, 0.717) is 0 Å². The summed E-state index contributed by atoms with van der Waals surface area (Å²) in [6.07, 6.45) is 1.72. The van der Waals surface area contributed by atoms with Crippen molar-refractivity contribution in [2.45, 2.75) is 19.9 Å². The van der Waals surface area contributed by atoms with Crippen LogP contribution in [0.15, 0.2) is 36.5 Å². The molecule has 3 heteroatoms. The first-order valence-corrected chi connectivity index (χ1v) is 5.51. The molecule has 1 unspecified atom stereocenters. The van der Waals surface area contributed by atoms with E-state index in [1.165, 1.54) is 12.1 Å². The van der Waals surface area contributed by atoms with E-state index in [1.54, 1.807) is 6.20 Å². The fourth-order valence-electron chi connectivity index (χ4n) is 1.84. The summed E-state index contributed by atoms with van der Waals surface area (Å²) >= 11 is 0. The lowest BCUT2D eigenvalue weighted by molar-refractivity contribution is 0.621. The predicted octanol–water partition coefficient (Wildman–Crippen LogP) is 2.89. The molecule has 17 heavy (non-hydrogen) atoms. The molecule has 0 spiro atoms. The first-order chi connectivity index (χ1) is 8.06. The van der Waals surface area contributed by atoms with Crippen molar-refractivity contribution in [3.05, 3.63) is 64.7 Å². The van der Waals surface area contributed by atoms with Crippen molar-refractivity contribution in [2.75, 3.05) is 0 Å². The Labute approximate surface area is 100 Å². The van der Waals surface area contributed by atoms with Crippen LogP contribution >= 0.6 is 0 Å². The third-order valence-corrected chi connectivity index (χ3v) is 2.68. The molecule has 0 aliphatic rings. The third kappa shape index (κ3) is 2.68. The Kier molecular flexibility index (Phi) is 3.20. The molecule has 0 saturated carbocycles. The number of benzene rings is 1. The van der Waals surface area contributed by atoms with Gasteiger partial charge in [-0.1, -0.05) is 6.07 Å². The monoisotopic (exact) mass is 230 g/mol. The molecular weight excluding hydrogens is 215 g/mol.